The number of piperidine rings is 1. The van der Waals surface area contributed by atoms with Crippen molar-refractivity contribution in [1.29, 1.82) is 0 Å². The topological polar surface area (TPSA) is 67.9 Å². The maximum atomic E-state index is 5.72. The van der Waals surface area contributed by atoms with E-state index < -0.39 is 0 Å². The Morgan fingerprint density at radius 2 is 1.80 bits per heavy atom. The van der Waals surface area contributed by atoms with Crippen LogP contribution in [-0.4, -0.2) is 34.8 Å². The summed E-state index contributed by atoms with van der Waals surface area (Å²) in [6.45, 7) is 2.83. The first-order valence-corrected chi connectivity index (χ1v) is 7.06. The van der Waals surface area contributed by atoms with E-state index in [4.69, 9.17) is 5.73 Å². The van der Waals surface area contributed by atoms with Crippen molar-refractivity contribution in [2.24, 2.45) is 11.7 Å². The van der Waals surface area contributed by atoms with Crippen molar-refractivity contribution in [1.82, 2.24) is 15.2 Å². The van der Waals surface area contributed by atoms with Crippen LogP contribution < -0.4 is 10.6 Å². The van der Waals surface area contributed by atoms with E-state index in [1.807, 2.05) is 24.3 Å². The number of nitrogens with two attached hydrogens (primary N) is 1. The van der Waals surface area contributed by atoms with Gasteiger partial charge in [-0.2, -0.15) is 0 Å². The largest absolute Gasteiger partial charge is 0.355 e. The summed E-state index contributed by atoms with van der Waals surface area (Å²) in [5.74, 6) is 1.62. The van der Waals surface area contributed by atoms with Gasteiger partial charge in [-0.1, -0.05) is 0 Å². The van der Waals surface area contributed by atoms with Gasteiger partial charge in [0, 0.05) is 31.0 Å². The molecule has 0 radical (unpaired) electrons. The predicted octanol–water partition coefficient (Wildman–Crippen LogP) is 1.71. The van der Waals surface area contributed by atoms with Gasteiger partial charge in [0.1, 0.15) is 0 Å². The van der Waals surface area contributed by atoms with Crippen molar-refractivity contribution in [3.63, 3.8) is 0 Å². The Kier molecular flexibility index (Phi) is 3.87. The van der Waals surface area contributed by atoms with Crippen LogP contribution in [0.15, 0.2) is 36.7 Å². The van der Waals surface area contributed by atoms with Gasteiger partial charge in [0.05, 0.1) is 5.69 Å². The fraction of sp³-hybridized carbons (Fsp3) is 0.400. The van der Waals surface area contributed by atoms with Gasteiger partial charge in [0.2, 0.25) is 0 Å². The van der Waals surface area contributed by atoms with E-state index in [-0.39, 0.29) is 0 Å². The molecule has 0 amide bonds. The standard InChI is InChI=1S/C15H19N5/c16-11-12-5-9-20(10-6-12)15-2-1-14(18-19-15)13-3-7-17-8-4-13/h1-4,7-8,12H,5-6,9-11,16H2. The van der Waals surface area contributed by atoms with Gasteiger partial charge in [-0.05, 0) is 49.6 Å². The fourth-order valence-electron chi connectivity index (χ4n) is 2.57. The van der Waals surface area contributed by atoms with E-state index in [2.05, 4.69) is 20.1 Å². The first kappa shape index (κ1) is 13.0. The lowest BCUT2D eigenvalue weighted by Gasteiger charge is -2.31. The zero-order valence-corrected chi connectivity index (χ0v) is 11.4. The highest BCUT2D eigenvalue weighted by atomic mass is 15.3. The van der Waals surface area contributed by atoms with Gasteiger partial charge >= 0.3 is 0 Å². The van der Waals surface area contributed by atoms with Crippen molar-refractivity contribution in [3.05, 3.63) is 36.7 Å². The molecule has 20 heavy (non-hydrogen) atoms. The van der Waals surface area contributed by atoms with E-state index in [1.165, 1.54) is 0 Å². The first-order valence-electron chi connectivity index (χ1n) is 7.06. The Balaban J connectivity index is 1.71. The lowest BCUT2D eigenvalue weighted by molar-refractivity contribution is 0.412. The van der Waals surface area contributed by atoms with Crippen LogP contribution in [0.25, 0.3) is 11.3 Å². The molecule has 2 N–H and O–H groups in total. The molecule has 0 bridgehead atoms. The second-order valence-corrected chi connectivity index (χ2v) is 5.18. The monoisotopic (exact) mass is 269 g/mol. The molecule has 5 nitrogen and oxygen atoms in total. The zero-order valence-electron chi connectivity index (χ0n) is 11.4. The number of hydrogen-bond donors (Lipinski definition) is 1. The zero-order chi connectivity index (χ0) is 13.8. The number of nitrogens with zero attached hydrogens (tertiary/aromatic N) is 4. The molecule has 104 valence electrons. The van der Waals surface area contributed by atoms with Crippen molar-refractivity contribution in [3.8, 4) is 11.3 Å². The molecule has 1 saturated heterocycles. The van der Waals surface area contributed by atoms with Crippen LogP contribution in [0.4, 0.5) is 5.82 Å². The third-order valence-electron chi connectivity index (χ3n) is 3.90. The summed E-state index contributed by atoms with van der Waals surface area (Å²) < 4.78 is 0. The molecular formula is C15H19N5. The number of aromatic nitrogens is 3. The predicted molar refractivity (Wildman–Crippen MR) is 79.3 cm³/mol. The Morgan fingerprint density at radius 3 is 2.40 bits per heavy atom. The summed E-state index contributed by atoms with van der Waals surface area (Å²) in [5.41, 5.74) is 7.64. The number of hydrogen-bond acceptors (Lipinski definition) is 5. The fourth-order valence-corrected chi connectivity index (χ4v) is 2.57. The van der Waals surface area contributed by atoms with Crippen LogP contribution in [0.5, 0.6) is 0 Å². The lowest BCUT2D eigenvalue weighted by atomic mass is 9.97. The maximum Gasteiger partial charge on any atom is 0.151 e. The molecule has 5 heteroatoms. The Bertz CT molecular complexity index is 532. The third kappa shape index (κ3) is 2.77. The van der Waals surface area contributed by atoms with Crippen LogP contribution in [-0.2, 0) is 0 Å². The number of rotatable bonds is 3. The minimum absolute atomic E-state index is 0.662. The first-order chi connectivity index (χ1) is 9.86. The molecule has 2 aromatic rings. The van der Waals surface area contributed by atoms with Crippen LogP contribution >= 0.6 is 0 Å². The Labute approximate surface area is 118 Å². The molecule has 0 aliphatic carbocycles. The molecule has 2 aromatic heterocycles. The van der Waals surface area contributed by atoms with Crippen LogP contribution in [0, 0.1) is 5.92 Å². The minimum Gasteiger partial charge on any atom is -0.355 e. The highest BCUT2D eigenvalue weighted by Gasteiger charge is 2.19. The highest BCUT2D eigenvalue weighted by Crippen LogP contribution is 2.22. The van der Waals surface area contributed by atoms with Gasteiger partial charge in [0.25, 0.3) is 0 Å². The van der Waals surface area contributed by atoms with Crippen molar-refractivity contribution in [2.45, 2.75) is 12.8 Å². The van der Waals surface area contributed by atoms with Crippen molar-refractivity contribution >= 4 is 5.82 Å². The van der Waals surface area contributed by atoms with E-state index >= 15 is 0 Å². The summed E-state index contributed by atoms with van der Waals surface area (Å²) in [6, 6.07) is 7.95. The number of pyridine rings is 1. The SMILES string of the molecule is NCC1CCN(c2ccc(-c3ccncc3)nn2)CC1. The quantitative estimate of drug-likeness (QED) is 0.918. The average molecular weight is 269 g/mol. The minimum atomic E-state index is 0.662. The summed E-state index contributed by atoms with van der Waals surface area (Å²) in [4.78, 5) is 6.30. The van der Waals surface area contributed by atoms with Gasteiger partial charge in [0.15, 0.2) is 5.82 Å². The maximum absolute atomic E-state index is 5.72. The molecule has 3 rings (SSSR count). The number of anilines is 1. The second kappa shape index (κ2) is 5.96. The Morgan fingerprint density at radius 1 is 1.05 bits per heavy atom. The Hall–Kier alpha value is -2.01. The summed E-state index contributed by atoms with van der Waals surface area (Å²) in [7, 11) is 0. The van der Waals surface area contributed by atoms with Gasteiger partial charge in [-0.15, -0.1) is 10.2 Å². The molecular weight excluding hydrogens is 250 g/mol. The van der Waals surface area contributed by atoms with Crippen LogP contribution in [0.2, 0.25) is 0 Å². The van der Waals surface area contributed by atoms with Crippen LogP contribution in [0.1, 0.15) is 12.8 Å². The summed E-state index contributed by atoms with van der Waals surface area (Å²) >= 11 is 0. The molecule has 3 heterocycles. The van der Waals surface area contributed by atoms with Gasteiger partial charge in [-0.3, -0.25) is 4.98 Å². The molecule has 1 fully saturated rings. The molecule has 1 aliphatic heterocycles. The van der Waals surface area contributed by atoms with Crippen LogP contribution in [0.3, 0.4) is 0 Å². The smallest absolute Gasteiger partial charge is 0.151 e. The second-order valence-electron chi connectivity index (χ2n) is 5.18. The average Bonchev–Trinajstić information content (AvgIpc) is 2.56. The molecule has 0 saturated carbocycles. The third-order valence-corrected chi connectivity index (χ3v) is 3.90. The molecule has 0 atom stereocenters. The molecule has 0 unspecified atom stereocenters. The van der Waals surface area contributed by atoms with Crippen molar-refractivity contribution in [2.75, 3.05) is 24.5 Å². The van der Waals surface area contributed by atoms with E-state index in [9.17, 15) is 0 Å². The molecule has 0 spiro atoms. The van der Waals surface area contributed by atoms with E-state index in [0.717, 1.165) is 49.6 Å². The van der Waals surface area contributed by atoms with E-state index in [1.54, 1.807) is 12.4 Å². The lowest BCUT2D eigenvalue weighted by Crippen LogP contribution is -2.36. The summed E-state index contributed by atoms with van der Waals surface area (Å²) in [5, 5.41) is 8.67. The van der Waals surface area contributed by atoms with Gasteiger partial charge in [-0.25, -0.2) is 0 Å². The van der Waals surface area contributed by atoms with Gasteiger partial charge < -0.3 is 10.6 Å². The van der Waals surface area contributed by atoms with E-state index in [0.29, 0.717) is 5.92 Å². The highest BCUT2D eigenvalue weighted by molar-refractivity contribution is 5.58. The summed E-state index contributed by atoms with van der Waals surface area (Å²) in [6.07, 6.45) is 5.82. The normalized spacial score (nSPS) is 16.4. The van der Waals surface area contributed by atoms with Crippen molar-refractivity contribution < 1.29 is 0 Å². The molecule has 0 aromatic carbocycles. The molecule has 1 aliphatic rings.